The highest BCUT2D eigenvalue weighted by Crippen LogP contribution is 2.44. The first-order chi connectivity index (χ1) is 12.2. The SMILES string of the molecule is CCOC1=NC2(CC(=O)N(Cc3ccccc3)C2=O)c2ccccc21. The maximum absolute atomic E-state index is 13.2. The molecule has 0 radical (unpaired) electrons. The molecule has 0 bridgehead atoms. The summed E-state index contributed by atoms with van der Waals surface area (Å²) in [7, 11) is 0. The number of hydrogen-bond acceptors (Lipinski definition) is 4. The van der Waals surface area contributed by atoms with Crippen LogP contribution in [0.1, 0.15) is 30.0 Å². The number of hydrogen-bond donors (Lipinski definition) is 0. The van der Waals surface area contributed by atoms with Crippen molar-refractivity contribution in [3.05, 3.63) is 71.3 Å². The highest BCUT2D eigenvalue weighted by molar-refractivity contribution is 6.14. The Morgan fingerprint density at radius 1 is 1.08 bits per heavy atom. The Bertz CT molecular complexity index is 876. The van der Waals surface area contributed by atoms with Gasteiger partial charge in [0, 0.05) is 11.1 Å². The number of benzene rings is 2. The van der Waals surface area contributed by atoms with Crippen molar-refractivity contribution < 1.29 is 14.3 Å². The molecule has 1 fully saturated rings. The molecule has 2 aliphatic heterocycles. The molecule has 2 aromatic rings. The van der Waals surface area contributed by atoms with Crippen LogP contribution in [0, 0.1) is 0 Å². The summed E-state index contributed by atoms with van der Waals surface area (Å²) in [5.74, 6) is -0.0329. The zero-order valence-electron chi connectivity index (χ0n) is 13.9. The average Bonchev–Trinajstić information content (AvgIpc) is 3.07. The maximum Gasteiger partial charge on any atom is 0.262 e. The van der Waals surface area contributed by atoms with Crippen molar-refractivity contribution >= 4 is 17.7 Å². The Kier molecular flexibility index (Phi) is 3.64. The second-order valence-corrected chi connectivity index (χ2v) is 6.20. The lowest BCUT2D eigenvalue weighted by Crippen LogP contribution is -2.36. The third kappa shape index (κ3) is 2.35. The van der Waals surface area contributed by atoms with Crippen LogP contribution < -0.4 is 0 Å². The fourth-order valence-corrected chi connectivity index (χ4v) is 3.52. The van der Waals surface area contributed by atoms with Crippen LogP contribution in [0.3, 0.4) is 0 Å². The third-order valence-electron chi connectivity index (χ3n) is 4.67. The largest absolute Gasteiger partial charge is 0.478 e. The van der Waals surface area contributed by atoms with Gasteiger partial charge in [-0.1, -0.05) is 48.5 Å². The lowest BCUT2D eigenvalue weighted by Gasteiger charge is -2.20. The molecule has 1 spiro atoms. The number of aliphatic imine (C=N–C) groups is 1. The van der Waals surface area contributed by atoms with Crippen molar-refractivity contribution in [3.8, 4) is 0 Å². The predicted octanol–water partition coefficient (Wildman–Crippen LogP) is 2.64. The summed E-state index contributed by atoms with van der Waals surface area (Å²) < 4.78 is 5.62. The van der Waals surface area contributed by atoms with Gasteiger partial charge in [-0.15, -0.1) is 0 Å². The zero-order valence-corrected chi connectivity index (χ0v) is 13.9. The number of amides is 2. The van der Waals surface area contributed by atoms with Crippen LogP contribution >= 0.6 is 0 Å². The van der Waals surface area contributed by atoms with Crippen LogP contribution in [-0.2, 0) is 26.4 Å². The summed E-state index contributed by atoms with van der Waals surface area (Å²) >= 11 is 0. The van der Waals surface area contributed by atoms with Gasteiger partial charge >= 0.3 is 0 Å². The molecule has 0 N–H and O–H groups in total. The van der Waals surface area contributed by atoms with Crippen LogP contribution in [0.4, 0.5) is 0 Å². The molecular formula is C20H18N2O3. The van der Waals surface area contributed by atoms with Crippen molar-refractivity contribution in [2.45, 2.75) is 25.4 Å². The molecule has 25 heavy (non-hydrogen) atoms. The number of ether oxygens (including phenoxy) is 1. The van der Waals surface area contributed by atoms with Gasteiger partial charge in [-0.25, -0.2) is 4.99 Å². The molecule has 2 heterocycles. The topological polar surface area (TPSA) is 59.0 Å². The molecule has 5 nitrogen and oxygen atoms in total. The normalized spacial score (nSPS) is 21.6. The van der Waals surface area contributed by atoms with Crippen molar-refractivity contribution in [1.29, 1.82) is 0 Å². The lowest BCUT2D eigenvalue weighted by molar-refractivity contribution is -0.140. The van der Waals surface area contributed by atoms with Gasteiger partial charge in [-0.2, -0.15) is 0 Å². The van der Waals surface area contributed by atoms with Crippen molar-refractivity contribution in [1.82, 2.24) is 4.90 Å². The van der Waals surface area contributed by atoms with Gasteiger partial charge in [0.15, 0.2) is 5.54 Å². The summed E-state index contributed by atoms with van der Waals surface area (Å²) in [6.45, 7) is 2.60. The van der Waals surface area contributed by atoms with E-state index >= 15 is 0 Å². The number of carbonyl (C=O) groups is 2. The summed E-state index contributed by atoms with van der Waals surface area (Å²) in [6, 6.07) is 17.0. The van der Waals surface area contributed by atoms with E-state index in [1.165, 1.54) is 4.90 Å². The van der Waals surface area contributed by atoms with Gasteiger partial charge in [0.2, 0.25) is 11.8 Å². The van der Waals surface area contributed by atoms with Crippen molar-refractivity contribution in [3.63, 3.8) is 0 Å². The number of carbonyl (C=O) groups excluding carboxylic acids is 2. The Hall–Kier alpha value is -2.95. The molecule has 2 aliphatic rings. The van der Waals surface area contributed by atoms with Gasteiger partial charge < -0.3 is 4.74 Å². The fourth-order valence-electron chi connectivity index (χ4n) is 3.52. The van der Waals surface area contributed by atoms with E-state index in [4.69, 9.17) is 4.74 Å². The van der Waals surface area contributed by atoms with Gasteiger partial charge in [0.25, 0.3) is 5.91 Å². The monoisotopic (exact) mass is 334 g/mol. The minimum atomic E-state index is -1.17. The highest BCUT2D eigenvalue weighted by atomic mass is 16.5. The number of imide groups is 1. The summed E-state index contributed by atoms with van der Waals surface area (Å²) in [5, 5.41) is 0. The number of nitrogens with zero attached hydrogens (tertiary/aromatic N) is 2. The molecule has 4 rings (SSSR count). The summed E-state index contributed by atoms with van der Waals surface area (Å²) in [6.07, 6.45) is 0.0479. The third-order valence-corrected chi connectivity index (χ3v) is 4.67. The van der Waals surface area contributed by atoms with Gasteiger partial charge in [-0.05, 0) is 18.6 Å². The molecule has 5 heteroatoms. The number of rotatable bonds is 3. The van der Waals surface area contributed by atoms with E-state index in [-0.39, 0.29) is 24.8 Å². The van der Waals surface area contributed by atoms with Crippen molar-refractivity contribution in [2.24, 2.45) is 4.99 Å². The fraction of sp³-hybridized carbons (Fsp3) is 0.250. The average molecular weight is 334 g/mol. The quantitative estimate of drug-likeness (QED) is 0.811. The van der Waals surface area contributed by atoms with Crippen LogP contribution in [-0.4, -0.2) is 29.2 Å². The zero-order chi connectivity index (χ0) is 17.4. The predicted molar refractivity (Wildman–Crippen MR) is 92.9 cm³/mol. The van der Waals surface area contributed by atoms with E-state index < -0.39 is 5.54 Å². The van der Waals surface area contributed by atoms with E-state index in [1.807, 2.05) is 61.5 Å². The van der Waals surface area contributed by atoms with Crippen LogP contribution in [0.25, 0.3) is 0 Å². The van der Waals surface area contributed by atoms with Crippen LogP contribution in [0.15, 0.2) is 59.6 Å². The Labute approximate surface area is 145 Å². The van der Waals surface area contributed by atoms with E-state index in [0.717, 1.165) is 16.7 Å². The highest BCUT2D eigenvalue weighted by Gasteiger charge is 2.57. The first-order valence-corrected chi connectivity index (χ1v) is 8.37. The molecule has 2 aromatic carbocycles. The van der Waals surface area contributed by atoms with E-state index in [0.29, 0.717) is 12.5 Å². The Morgan fingerprint density at radius 3 is 2.56 bits per heavy atom. The summed E-state index contributed by atoms with van der Waals surface area (Å²) in [4.78, 5) is 31.7. The number of fused-ring (bicyclic) bond motifs is 2. The van der Waals surface area contributed by atoms with Gasteiger partial charge in [-0.3, -0.25) is 14.5 Å². The van der Waals surface area contributed by atoms with Crippen LogP contribution in [0.5, 0.6) is 0 Å². The second kappa shape index (κ2) is 5.84. The molecular weight excluding hydrogens is 316 g/mol. The Balaban J connectivity index is 1.74. The van der Waals surface area contributed by atoms with E-state index in [9.17, 15) is 9.59 Å². The number of likely N-dealkylation sites (tertiary alicyclic amines) is 1. The molecule has 0 saturated carbocycles. The van der Waals surface area contributed by atoms with Gasteiger partial charge in [0.1, 0.15) is 0 Å². The maximum atomic E-state index is 13.2. The smallest absolute Gasteiger partial charge is 0.262 e. The van der Waals surface area contributed by atoms with Crippen molar-refractivity contribution in [2.75, 3.05) is 6.61 Å². The second-order valence-electron chi connectivity index (χ2n) is 6.20. The minimum absolute atomic E-state index is 0.0479. The van der Waals surface area contributed by atoms with E-state index in [2.05, 4.69) is 4.99 Å². The minimum Gasteiger partial charge on any atom is -0.478 e. The molecule has 1 saturated heterocycles. The molecule has 1 unspecified atom stereocenters. The molecule has 126 valence electrons. The van der Waals surface area contributed by atoms with Gasteiger partial charge in [0.05, 0.1) is 19.6 Å². The Morgan fingerprint density at radius 2 is 1.80 bits per heavy atom. The first-order valence-electron chi connectivity index (χ1n) is 8.37. The van der Waals surface area contributed by atoms with E-state index in [1.54, 1.807) is 0 Å². The first kappa shape index (κ1) is 15.6. The molecule has 1 atom stereocenters. The molecule has 2 amide bonds. The lowest BCUT2D eigenvalue weighted by atomic mass is 9.88. The standard InChI is InChI=1S/C20H18N2O3/c1-2-25-18-15-10-6-7-11-16(15)20(21-18)12-17(23)22(19(20)24)13-14-8-4-3-5-9-14/h3-11H,2,12-13H2,1H3. The molecule has 0 aliphatic carbocycles. The van der Waals surface area contributed by atoms with Crippen LogP contribution in [0.2, 0.25) is 0 Å². The summed E-state index contributed by atoms with van der Waals surface area (Å²) in [5.41, 5.74) is 1.30. The molecule has 0 aromatic heterocycles.